The van der Waals surface area contributed by atoms with Gasteiger partial charge < -0.3 is 9.47 Å². The predicted molar refractivity (Wildman–Crippen MR) is 86.4 cm³/mol. The van der Waals surface area contributed by atoms with E-state index in [0.29, 0.717) is 19.1 Å². The zero-order valence-corrected chi connectivity index (χ0v) is 14.1. The molecule has 0 aromatic heterocycles. The molecule has 1 aliphatic carbocycles. The molecular formula is C18H30O4. The van der Waals surface area contributed by atoms with Gasteiger partial charge in [-0.15, -0.1) is 0 Å². The van der Waals surface area contributed by atoms with Gasteiger partial charge in [0.1, 0.15) is 5.57 Å². The molecule has 0 amide bonds. The number of ether oxygens (including phenoxy) is 2. The van der Waals surface area contributed by atoms with E-state index in [0.717, 1.165) is 51.4 Å². The molecule has 1 rings (SSSR count). The van der Waals surface area contributed by atoms with Crippen molar-refractivity contribution in [1.82, 2.24) is 0 Å². The average molecular weight is 310 g/mol. The molecule has 126 valence electrons. The Morgan fingerprint density at radius 3 is 1.86 bits per heavy atom. The van der Waals surface area contributed by atoms with Gasteiger partial charge >= 0.3 is 11.9 Å². The van der Waals surface area contributed by atoms with Crippen LogP contribution >= 0.6 is 0 Å². The van der Waals surface area contributed by atoms with E-state index in [2.05, 4.69) is 0 Å². The molecule has 1 saturated carbocycles. The Morgan fingerprint density at radius 2 is 1.41 bits per heavy atom. The van der Waals surface area contributed by atoms with E-state index in [1.54, 1.807) is 6.08 Å². The van der Waals surface area contributed by atoms with E-state index in [1.165, 1.54) is 6.42 Å². The summed E-state index contributed by atoms with van der Waals surface area (Å²) in [5.41, 5.74) is 0.0964. The first kappa shape index (κ1) is 18.7. The molecule has 0 saturated heterocycles. The Morgan fingerprint density at radius 1 is 0.909 bits per heavy atom. The van der Waals surface area contributed by atoms with Gasteiger partial charge in [0.2, 0.25) is 0 Å². The minimum Gasteiger partial charge on any atom is -0.462 e. The summed E-state index contributed by atoms with van der Waals surface area (Å²) >= 11 is 0. The summed E-state index contributed by atoms with van der Waals surface area (Å²) in [6.45, 7) is 4.79. The zero-order chi connectivity index (χ0) is 16.2. The van der Waals surface area contributed by atoms with Crippen LogP contribution < -0.4 is 0 Å². The molecule has 0 atom stereocenters. The van der Waals surface area contributed by atoms with Crippen LogP contribution in [0.4, 0.5) is 0 Å². The molecule has 0 aromatic rings. The number of esters is 2. The normalized spacial score (nSPS) is 15.2. The lowest BCUT2D eigenvalue weighted by Crippen LogP contribution is -2.21. The third kappa shape index (κ3) is 7.10. The van der Waals surface area contributed by atoms with Crippen molar-refractivity contribution in [2.45, 2.75) is 71.6 Å². The van der Waals surface area contributed by atoms with Crippen LogP contribution in [0.15, 0.2) is 11.6 Å². The molecule has 0 N–H and O–H groups in total. The van der Waals surface area contributed by atoms with Gasteiger partial charge in [-0.1, -0.05) is 52.0 Å². The van der Waals surface area contributed by atoms with Crippen molar-refractivity contribution >= 4 is 11.9 Å². The van der Waals surface area contributed by atoms with E-state index < -0.39 is 11.9 Å². The van der Waals surface area contributed by atoms with Crippen LogP contribution in [0, 0.1) is 5.92 Å². The highest BCUT2D eigenvalue weighted by Crippen LogP contribution is 2.26. The number of hydrogen-bond acceptors (Lipinski definition) is 4. The highest BCUT2D eigenvalue weighted by molar-refractivity contribution is 6.14. The van der Waals surface area contributed by atoms with Crippen molar-refractivity contribution in [2.75, 3.05) is 13.2 Å². The molecular weight excluding hydrogens is 280 g/mol. The maximum Gasteiger partial charge on any atom is 0.345 e. The summed E-state index contributed by atoms with van der Waals surface area (Å²) < 4.78 is 10.4. The van der Waals surface area contributed by atoms with Crippen LogP contribution in [-0.2, 0) is 19.1 Å². The Labute approximate surface area is 134 Å². The highest BCUT2D eigenvalue weighted by Gasteiger charge is 2.24. The van der Waals surface area contributed by atoms with Crippen molar-refractivity contribution < 1.29 is 19.1 Å². The molecule has 4 heteroatoms. The number of unbranched alkanes of at least 4 members (excludes halogenated alkanes) is 2. The number of allylic oxidation sites excluding steroid dienone is 1. The summed E-state index contributed by atoms with van der Waals surface area (Å²) in [4.78, 5) is 24.3. The minimum atomic E-state index is -0.527. The molecule has 4 nitrogen and oxygen atoms in total. The molecule has 22 heavy (non-hydrogen) atoms. The van der Waals surface area contributed by atoms with Crippen LogP contribution in [0.5, 0.6) is 0 Å². The summed E-state index contributed by atoms with van der Waals surface area (Å²) in [6, 6.07) is 0. The molecule has 0 spiro atoms. The number of rotatable bonds is 9. The van der Waals surface area contributed by atoms with E-state index in [1.807, 2.05) is 13.8 Å². The van der Waals surface area contributed by atoms with Crippen LogP contribution in [0.25, 0.3) is 0 Å². The Bertz CT molecular complexity index is 343. The van der Waals surface area contributed by atoms with Gasteiger partial charge in [-0.25, -0.2) is 9.59 Å². The maximum atomic E-state index is 12.2. The third-order valence-corrected chi connectivity index (χ3v) is 3.95. The first-order valence-corrected chi connectivity index (χ1v) is 8.75. The fourth-order valence-corrected chi connectivity index (χ4v) is 2.53. The molecule has 0 bridgehead atoms. The highest BCUT2D eigenvalue weighted by atomic mass is 16.6. The van der Waals surface area contributed by atoms with Crippen LogP contribution in [0.1, 0.15) is 71.6 Å². The summed E-state index contributed by atoms with van der Waals surface area (Å²) in [7, 11) is 0. The van der Waals surface area contributed by atoms with Gasteiger partial charge in [-0.05, 0) is 31.6 Å². The molecule has 1 fully saturated rings. The van der Waals surface area contributed by atoms with Crippen molar-refractivity contribution in [3.05, 3.63) is 11.6 Å². The molecule has 1 aliphatic rings. The Balaban J connectivity index is 2.67. The smallest absolute Gasteiger partial charge is 0.345 e. The topological polar surface area (TPSA) is 52.6 Å². The van der Waals surface area contributed by atoms with Gasteiger partial charge in [0, 0.05) is 0 Å². The fraction of sp³-hybridized carbons (Fsp3) is 0.778. The quantitative estimate of drug-likeness (QED) is 0.211. The average Bonchev–Trinajstić information content (AvgIpc) is 2.54. The van der Waals surface area contributed by atoms with Crippen molar-refractivity contribution in [2.24, 2.45) is 5.92 Å². The Hall–Kier alpha value is -1.32. The summed E-state index contributed by atoms with van der Waals surface area (Å²) in [5, 5.41) is 0. The van der Waals surface area contributed by atoms with Gasteiger partial charge in [-0.2, -0.15) is 0 Å². The van der Waals surface area contributed by atoms with Crippen LogP contribution in [0.3, 0.4) is 0 Å². The lowest BCUT2D eigenvalue weighted by atomic mass is 9.88. The van der Waals surface area contributed by atoms with E-state index in [9.17, 15) is 9.59 Å². The summed E-state index contributed by atoms with van der Waals surface area (Å²) in [5.74, 6) is -0.762. The first-order chi connectivity index (χ1) is 10.7. The van der Waals surface area contributed by atoms with Crippen LogP contribution in [0.2, 0.25) is 0 Å². The third-order valence-electron chi connectivity index (χ3n) is 3.95. The molecule has 0 unspecified atom stereocenters. The molecule has 0 radical (unpaired) electrons. The number of carbonyl (C=O) groups excluding carboxylic acids is 2. The van der Waals surface area contributed by atoms with Crippen molar-refractivity contribution in [3.8, 4) is 0 Å². The zero-order valence-electron chi connectivity index (χ0n) is 14.1. The van der Waals surface area contributed by atoms with E-state index >= 15 is 0 Å². The largest absolute Gasteiger partial charge is 0.462 e. The minimum absolute atomic E-state index is 0.0964. The number of hydrogen-bond donors (Lipinski definition) is 0. The van der Waals surface area contributed by atoms with Gasteiger partial charge in [-0.3, -0.25) is 0 Å². The van der Waals surface area contributed by atoms with Crippen LogP contribution in [-0.4, -0.2) is 25.2 Å². The molecule has 0 aromatic carbocycles. The van der Waals surface area contributed by atoms with Crippen molar-refractivity contribution in [3.63, 3.8) is 0 Å². The standard InChI is InChI=1S/C18H30O4/c1-3-5-12-21-17(19)16(18(20)22-13-6-4-2)14-15-10-8-7-9-11-15/h14-15H,3-13H2,1-2H3. The summed E-state index contributed by atoms with van der Waals surface area (Å²) in [6.07, 6.45) is 11.0. The van der Waals surface area contributed by atoms with Gasteiger partial charge in [0.15, 0.2) is 0 Å². The van der Waals surface area contributed by atoms with Crippen molar-refractivity contribution in [1.29, 1.82) is 0 Å². The second kappa shape index (κ2) is 11.3. The second-order valence-corrected chi connectivity index (χ2v) is 5.96. The SMILES string of the molecule is CCCCOC(=O)C(=CC1CCCCC1)C(=O)OCCCC. The lowest BCUT2D eigenvalue weighted by Gasteiger charge is -2.19. The predicted octanol–water partition coefficient (Wildman–Crippen LogP) is 4.18. The van der Waals surface area contributed by atoms with Gasteiger partial charge in [0.05, 0.1) is 13.2 Å². The molecule has 0 heterocycles. The molecule has 0 aliphatic heterocycles. The monoisotopic (exact) mass is 310 g/mol. The maximum absolute atomic E-state index is 12.2. The first-order valence-electron chi connectivity index (χ1n) is 8.75. The van der Waals surface area contributed by atoms with E-state index in [-0.39, 0.29) is 5.57 Å². The van der Waals surface area contributed by atoms with E-state index in [4.69, 9.17) is 9.47 Å². The lowest BCUT2D eigenvalue weighted by molar-refractivity contribution is -0.147. The number of carbonyl (C=O) groups is 2. The van der Waals surface area contributed by atoms with Gasteiger partial charge in [0.25, 0.3) is 0 Å². The fourth-order valence-electron chi connectivity index (χ4n) is 2.53. The second-order valence-electron chi connectivity index (χ2n) is 5.96. The Kier molecular flexibility index (Phi) is 9.60.